The standard InChI is InChI=1S/C9H12N4O/c1-14-7-5-11-9-8-2-3-12-13(8)6-4-10-9/h2-4,6H,5,7H2,1H3,(H,10,11). The topological polar surface area (TPSA) is 51.5 Å². The molecule has 0 aromatic carbocycles. The van der Waals surface area contributed by atoms with E-state index in [4.69, 9.17) is 4.74 Å². The molecule has 0 saturated heterocycles. The van der Waals surface area contributed by atoms with Crippen LogP contribution in [-0.2, 0) is 4.74 Å². The number of ether oxygens (including phenoxy) is 1. The summed E-state index contributed by atoms with van der Waals surface area (Å²) in [5, 5.41) is 7.29. The average molecular weight is 192 g/mol. The summed E-state index contributed by atoms with van der Waals surface area (Å²) in [5.41, 5.74) is 0.976. The van der Waals surface area contributed by atoms with Gasteiger partial charge >= 0.3 is 0 Å². The number of methoxy groups -OCH3 is 1. The van der Waals surface area contributed by atoms with Gasteiger partial charge in [-0.2, -0.15) is 5.10 Å². The summed E-state index contributed by atoms with van der Waals surface area (Å²) in [6, 6.07) is 1.92. The number of hydrogen-bond donors (Lipinski definition) is 1. The number of nitrogens with one attached hydrogen (secondary N) is 1. The lowest BCUT2D eigenvalue weighted by Gasteiger charge is -2.05. The Kier molecular flexibility index (Phi) is 2.60. The Morgan fingerprint density at radius 1 is 1.50 bits per heavy atom. The monoisotopic (exact) mass is 192 g/mol. The van der Waals surface area contributed by atoms with Crippen molar-refractivity contribution in [3.05, 3.63) is 24.7 Å². The van der Waals surface area contributed by atoms with E-state index in [2.05, 4.69) is 15.4 Å². The van der Waals surface area contributed by atoms with Gasteiger partial charge in [-0.1, -0.05) is 0 Å². The van der Waals surface area contributed by atoms with Crippen molar-refractivity contribution in [2.75, 3.05) is 25.6 Å². The molecule has 5 heteroatoms. The van der Waals surface area contributed by atoms with Crippen molar-refractivity contribution in [1.82, 2.24) is 14.6 Å². The molecule has 2 heterocycles. The third-order valence-electron chi connectivity index (χ3n) is 1.92. The minimum Gasteiger partial charge on any atom is -0.383 e. The van der Waals surface area contributed by atoms with E-state index in [-0.39, 0.29) is 0 Å². The van der Waals surface area contributed by atoms with Crippen LogP contribution in [0.4, 0.5) is 5.82 Å². The van der Waals surface area contributed by atoms with Crippen LogP contribution >= 0.6 is 0 Å². The maximum absolute atomic E-state index is 4.94. The van der Waals surface area contributed by atoms with E-state index in [0.717, 1.165) is 17.9 Å². The van der Waals surface area contributed by atoms with Crippen molar-refractivity contribution in [3.63, 3.8) is 0 Å². The summed E-state index contributed by atoms with van der Waals surface area (Å²) < 4.78 is 6.72. The first-order chi connectivity index (χ1) is 6.92. The molecule has 0 aliphatic rings. The number of aromatic nitrogens is 3. The highest BCUT2D eigenvalue weighted by molar-refractivity contribution is 5.66. The molecule has 0 fully saturated rings. The van der Waals surface area contributed by atoms with E-state index >= 15 is 0 Å². The van der Waals surface area contributed by atoms with Gasteiger partial charge < -0.3 is 10.1 Å². The molecule has 2 aromatic rings. The number of nitrogens with zero attached hydrogens (tertiary/aromatic N) is 3. The van der Waals surface area contributed by atoms with E-state index in [1.165, 1.54) is 0 Å². The zero-order valence-corrected chi connectivity index (χ0v) is 7.97. The molecule has 2 rings (SSSR count). The van der Waals surface area contributed by atoms with Gasteiger partial charge in [-0.3, -0.25) is 0 Å². The Hall–Kier alpha value is -1.62. The SMILES string of the molecule is COCCNc1nccn2nccc12. The number of rotatable bonds is 4. The third kappa shape index (κ3) is 1.67. The molecule has 0 amide bonds. The van der Waals surface area contributed by atoms with Gasteiger partial charge in [0.1, 0.15) is 5.52 Å². The summed E-state index contributed by atoms with van der Waals surface area (Å²) in [7, 11) is 1.68. The Labute approximate surface area is 81.7 Å². The minimum atomic E-state index is 0.664. The summed E-state index contributed by atoms with van der Waals surface area (Å²) in [6.45, 7) is 1.41. The van der Waals surface area contributed by atoms with E-state index in [0.29, 0.717) is 6.61 Å². The fraction of sp³-hybridized carbons (Fsp3) is 0.333. The summed E-state index contributed by atoms with van der Waals surface area (Å²) in [4.78, 5) is 4.22. The van der Waals surface area contributed by atoms with E-state index in [1.807, 2.05) is 12.3 Å². The van der Waals surface area contributed by atoms with Crippen LogP contribution in [0.25, 0.3) is 5.52 Å². The highest BCUT2D eigenvalue weighted by Gasteiger charge is 2.00. The van der Waals surface area contributed by atoms with E-state index in [9.17, 15) is 0 Å². The van der Waals surface area contributed by atoms with Crippen molar-refractivity contribution in [2.24, 2.45) is 0 Å². The highest BCUT2D eigenvalue weighted by atomic mass is 16.5. The molecule has 0 unspecified atom stereocenters. The van der Waals surface area contributed by atoms with Crippen molar-refractivity contribution >= 4 is 11.3 Å². The molecule has 2 aromatic heterocycles. The summed E-state index contributed by atoms with van der Waals surface area (Å²) >= 11 is 0. The van der Waals surface area contributed by atoms with Crippen LogP contribution in [0.15, 0.2) is 24.7 Å². The van der Waals surface area contributed by atoms with E-state index in [1.54, 1.807) is 24.0 Å². The van der Waals surface area contributed by atoms with Gasteiger partial charge in [0.25, 0.3) is 0 Å². The minimum absolute atomic E-state index is 0.664. The Balaban J connectivity index is 2.19. The van der Waals surface area contributed by atoms with Crippen molar-refractivity contribution < 1.29 is 4.74 Å². The number of hydrogen-bond acceptors (Lipinski definition) is 4. The summed E-state index contributed by atoms with van der Waals surface area (Å²) in [6.07, 6.45) is 5.28. The quantitative estimate of drug-likeness (QED) is 0.727. The Morgan fingerprint density at radius 2 is 2.43 bits per heavy atom. The molecule has 0 saturated carbocycles. The van der Waals surface area contributed by atoms with Gasteiger partial charge in [-0.15, -0.1) is 0 Å². The second kappa shape index (κ2) is 4.06. The van der Waals surface area contributed by atoms with Gasteiger partial charge in [0.05, 0.1) is 12.8 Å². The molecule has 0 spiro atoms. The lowest BCUT2D eigenvalue weighted by Crippen LogP contribution is -2.09. The molecule has 14 heavy (non-hydrogen) atoms. The first kappa shape index (κ1) is 8.96. The van der Waals surface area contributed by atoms with Crippen LogP contribution in [0.5, 0.6) is 0 Å². The molecule has 0 aliphatic heterocycles. The van der Waals surface area contributed by atoms with Gasteiger partial charge in [-0.05, 0) is 6.07 Å². The lowest BCUT2D eigenvalue weighted by molar-refractivity contribution is 0.210. The van der Waals surface area contributed by atoms with Gasteiger partial charge in [0.15, 0.2) is 5.82 Å². The Morgan fingerprint density at radius 3 is 3.29 bits per heavy atom. The normalized spacial score (nSPS) is 10.6. The number of anilines is 1. The average Bonchev–Trinajstić information content (AvgIpc) is 2.67. The first-order valence-electron chi connectivity index (χ1n) is 4.43. The van der Waals surface area contributed by atoms with Crippen LogP contribution in [-0.4, -0.2) is 34.9 Å². The fourth-order valence-electron chi connectivity index (χ4n) is 1.27. The zero-order chi connectivity index (χ0) is 9.80. The van der Waals surface area contributed by atoms with Gasteiger partial charge in [-0.25, -0.2) is 9.50 Å². The van der Waals surface area contributed by atoms with E-state index < -0.39 is 0 Å². The zero-order valence-electron chi connectivity index (χ0n) is 7.97. The van der Waals surface area contributed by atoms with Crippen LogP contribution in [0.1, 0.15) is 0 Å². The summed E-state index contributed by atoms with van der Waals surface area (Å²) in [5.74, 6) is 0.835. The van der Waals surface area contributed by atoms with Gasteiger partial charge in [0.2, 0.25) is 0 Å². The van der Waals surface area contributed by atoms with Crippen LogP contribution in [0, 0.1) is 0 Å². The molecule has 1 N–H and O–H groups in total. The maximum Gasteiger partial charge on any atom is 0.152 e. The molecule has 0 atom stereocenters. The lowest BCUT2D eigenvalue weighted by atomic mass is 10.4. The molecular formula is C9H12N4O. The maximum atomic E-state index is 4.94. The first-order valence-corrected chi connectivity index (χ1v) is 4.43. The molecular weight excluding hydrogens is 180 g/mol. The molecule has 5 nitrogen and oxygen atoms in total. The van der Waals surface area contributed by atoms with Crippen LogP contribution in [0.3, 0.4) is 0 Å². The Bertz CT molecular complexity index is 412. The van der Waals surface area contributed by atoms with Crippen LogP contribution < -0.4 is 5.32 Å². The second-order valence-corrected chi connectivity index (χ2v) is 2.86. The van der Waals surface area contributed by atoms with Gasteiger partial charge in [0, 0.05) is 26.0 Å². The smallest absolute Gasteiger partial charge is 0.152 e. The highest BCUT2D eigenvalue weighted by Crippen LogP contribution is 2.11. The van der Waals surface area contributed by atoms with Crippen molar-refractivity contribution in [3.8, 4) is 0 Å². The predicted octanol–water partition coefficient (Wildman–Crippen LogP) is 0.788. The molecule has 74 valence electrons. The second-order valence-electron chi connectivity index (χ2n) is 2.86. The van der Waals surface area contributed by atoms with Crippen molar-refractivity contribution in [2.45, 2.75) is 0 Å². The molecule has 0 aliphatic carbocycles. The molecule has 0 radical (unpaired) electrons. The largest absolute Gasteiger partial charge is 0.383 e. The fourth-order valence-corrected chi connectivity index (χ4v) is 1.27. The number of fused-ring (bicyclic) bond motifs is 1. The van der Waals surface area contributed by atoms with Crippen molar-refractivity contribution in [1.29, 1.82) is 0 Å². The predicted molar refractivity (Wildman–Crippen MR) is 53.4 cm³/mol. The third-order valence-corrected chi connectivity index (χ3v) is 1.92. The molecule has 0 bridgehead atoms. The van der Waals surface area contributed by atoms with Crippen LogP contribution in [0.2, 0.25) is 0 Å².